The SMILES string of the molecule is CCc1ccc(N(c2cccc(-c3cccc(-c4ccccc4C(C)C)c3)c2O)c2cc(C(C)C)c3ccc4c(N(c5ccc(CC)cc5)c5cccc6c5oc5c(-c7ccccc7C(C)C)cccc56)cc(C(C)C)c5ccc2c3c54)cc1. The highest BCUT2D eigenvalue weighted by atomic mass is 16.3. The Morgan fingerprint density at radius 1 is 0.333 bits per heavy atom. The number of aryl methyl sites for hydroxylation is 2. The molecule has 0 bridgehead atoms. The zero-order valence-electron chi connectivity index (χ0n) is 50.2. The van der Waals surface area contributed by atoms with E-state index in [2.05, 4.69) is 291 Å². The molecular formula is C80H74N2O2. The molecule has 13 aromatic rings. The quantitative estimate of drug-likeness (QED) is 0.104. The van der Waals surface area contributed by atoms with Crippen molar-refractivity contribution in [1.29, 1.82) is 0 Å². The summed E-state index contributed by atoms with van der Waals surface area (Å²) < 4.78 is 7.38. The number of nitrogens with zero attached hydrogens (tertiary/aromatic N) is 2. The Hall–Kier alpha value is -9.12. The van der Waals surface area contributed by atoms with Gasteiger partial charge in [0.15, 0.2) is 5.58 Å². The summed E-state index contributed by atoms with van der Waals surface area (Å²) in [5.74, 6) is 1.30. The summed E-state index contributed by atoms with van der Waals surface area (Å²) in [7, 11) is 0. The van der Waals surface area contributed by atoms with Crippen molar-refractivity contribution in [1.82, 2.24) is 0 Å². The third-order valence-electron chi connectivity index (χ3n) is 17.8. The molecule has 0 saturated carbocycles. The van der Waals surface area contributed by atoms with E-state index in [9.17, 15) is 5.11 Å². The van der Waals surface area contributed by atoms with E-state index in [4.69, 9.17) is 4.42 Å². The van der Waals surface area contributed by atoms with Crippen LogP contribution >= 0.6 is 0 Å². The van der Waals surface area contributed by atoms with Gasteiger partial charge in [-0.3, -0.25) is 0 Å². The van der Waals surface area contributed by atoms with Gasteiger partial charge in [-0.1, -0.05) is 227 Å². The minimum Gasteiger partial charge on any atom is -0.505 e. The molecule has 0 atom stereocenters. The number of furan rings is 1. The predicted octanol–water partition coefficient (Wildman–Crippen LogP) is 23.7. The zero-order chi connectivity index (χ0) is 58.1. The molecule has 0 unspecified atom stereocenters. The summed E-state index contributed by atoms with van der Waals surface area (Å²) in [5.41, 5.74) is 21.6. The monoisotopic (exact) mass is 1090 g/mol. The lowest BCUT2D eigenvalue weighted by Crippen LogP contribution is -2.13. The van der Waals surface area contributed by atoms with Gasteiger partial charge in [-0.25, -0.2) is 0 Å². The van der Waals surface area contributed by atoms with Crippen molar-refractivity contribution in [3.05, 3.63) is 246 Å². The molecular weight excluding hydrogens is 1020 g/mol. The van der Waals surface area contributed by atoms with Crippen LogP contribution in [-0.4, -0.2) is 5.11 Å². The van der Waals surface area contributed by atoms with Crippen molar-refractivity contribution in [3.63, 3.8) is 0 Å². The van der Waals surface area contributed by atoms with Crippen LogP contribution in [0, 0.1) is 0 Å². The third kappa shape index (κ3) is 9.15. The predicted molar refractivity (Wildman–Crippen MR) is 360 cm³/mol. The van der Waals surface area contributed by atoms with Gasteiger partial charge in [0, 0.05) is 44.0 Å². The molecule has 0 radical (unpaired) electrons. The van der Waals surface area contributed by atoms with E-state index < -0.39 is 0 Å². The molecule has 416 valence electrons. The van der Waals surface area contributed by atoms with E-state index >= 15 is 0 Å². The molecule has 1 N–H and O–H groups in total. The first-order chi connectivity index (χ1) is 40.8. The van der Waals surface area contributed by atoms with E-state index in [-0.39, 0.29) is 17.6 Å². The largest absolute Gasteiger partial charge is 0.505 e. The molecule has 0 saturated heterocycles. The van der Waals surface area contributed by atoms with Crippen LogP contribution in [0.4, 0.5) is 34.1 Å². The fraction of sp³-hybridized carbons (Fsp3) is 0.200. The summed E-state index contributed by atoms with van der Waals surface area (Å²) in [6, 6.07) is 78.0. The Morgan fingerprint density at radius 2 is 0.750 bits per heavy atom. The zero-order valence-corrected chi connectivity index (χ0v) is 50.2. The number of anilines is 6. The van der Waals surface area contributed by atoms with Crippen molar-refractivity contribution in [2.75, 3.05) is 9.80 Å². The summed E-state index contributed by atoms with van der Waals surface area (Å²) in [6.07, 6.45) is 1.87. The first-order valence-corrected chi connectivity index (χ1v) is 30.4. The van der Waals surface area contributed by atoms with Crippen LogP contribution < -0.4 is 9.80 Å². The van der Waals surface area contributed by atoms with Crippen LogP contribution in [0.15, 0.2) is 217 Å². The molecule has 0 aliphatic rings. The number of para-hydroxylation sites is 3. The average molecular weight is 1100 g/mol. The highest BCUT2D eigenvalue weighted by Gasteiger charge is 2.29. The molecule has 0 aliphatic carbocycles. The van der Waals surface area contributed by atoms with Gasteiger partial charge in [-0.05, 0) is 168 Å². The maximum atomic E-state index is 13.1. The Bertz CT molecular complexity index is 4600. The Balaban J connectivity index is 1.08. The van der Waals surface area contributed by atoms with Gasteiger partial charge < -0.3 is 19.3 Å². The summed E-state index contributed by atoms with van der Waals surface area (Å²) in [5, 5.41) is 22.5. The Kier molecular flexibility index (Phi) is 14.1. The second-order valence-electron chi connectivity index (χ2n) is 24.2. The number of hydrogen-bond donors (Lipinski definition) is 1. The molecule has 4 nitrogen and oxygen atoms in total. The average Bonchev–Trinajstić information content (AvgIpc) is 0.967. The van der Waals surface area contributed by atoms with Gasteiger partial charge in [0.05, 0.1) is 22.7 Å². The van der Waals surface area contributed by atoms with Crippen LogP contribution in [-0.2, 0) is 12.8 Å². The van der Waals surface area contributed by atoms with Crippen LogP contribution in [0.3, 0.4) is 0 Å². The third-order valence-corrected chi connectivity index (χ3v) is 17.8. The minimum atomic E-state index is 0.176. The van der Waals surface area contributed by atoms with E-state index in [0.717, 1.165) is 102 Å². The van der Waals surface area contributed by atoms with Crippen molar-refractivity contribution in [3.8, 4) is 39.1 Å². The normalized spacial score (nSPS) is 12.0. The van der Waals surface area contributed by atoms with Gasteiger partial charge in [-0.2, -0.15) is 0 Å². The van der Waals surface area contributed by atoms with Gasteiger partial charge in [-0.15, -0.1) is 0 Å². The number of rotatable bonds is 15. The highest BCUT2D eigenvalue weighted by molar-refractivity contribution is 6.30. The first-order valence-electron chi connectivity index (χ1n) is 30.4. The molecule has 12 aromatic carbocycles. The van der Waals surface area contributed by atoms with Crippen molar-refractivity contribution in [2.24, 2.45) is 0 Å². The van der Waals surface area contributed by atoms with Gasteiger partial charge >= 0.3 is 0 Å². The van der Waals surface area contributed by atoms with Gasteiger partial charge in [0.2, 0.25) is 0 Å². The van der Waals surface area contributed by atoms with Crippen LogP contribution in [0.5, 0.6) is 5.75 Å². The summed E-state index contributed by atoms with van der Waals surface area (Å²) in [6.45, 7) is 22.7. The maximum Gasteiger partial charge on any atom is 0.159 e. The lowest BCUT2D eigenvalue weighted by molar-refractivity contribution is 0.478. The molecule has 4 heteroatoms. The number of fused-ring (bicyclic) bond motifs is 3. The second-order valence-corrected chi connectivity index (χ2v) is 24.2. The lowest BCUT2D eigenvalue weighted by atomic mass is 9.84. The lowest BCUT2D eigenvalue weighted by Gasteiger charge is -2.32. The van der Waals surface area contributed by atoms with Gasteiger partial charge in [0.1, 0.15) is 11.3 Å². The van der Waals surface area contributed by atoms with E-state index in [1.165, 1.54) is 66.1 Å². The fourth-order valence-corrected chi connectivity index (χ4v) is 13.4. The number of phenolic OH excluding ortho intramolecular Hbond substituents is 1. The Morgan fingerprint density at radius 3 is 1.30 bits per heavy atom. The molecule has 13 rings (SSSR count). The van der Waals surface area contributed by atoms with Crippen molar-refractivity contribution >= 4 is 88.4 Å². The molecule has 0 spiro atoms. The smallest absolute Gasteiger partial charge is 0.159 e. The number of aromatic hydroxyl groups is 1. The summed E-state index contributed by atoms with van der Waals surface area (Å²) in [4.78, 5) is 4.78. The molecule has 0 fully saturated rings. The van der Waals surface area contributed by atoms with E-state index in [0.29, 0.717) is 11.8 Å². The number of hydrogen-bond acceptors (Lipinski definition) is 4. The van der Waals surface area contributed by atoms with E-state index in [1.54, 1.807) is 0 Å². The molecule has 1 aromatic heterocycles. The van der Waals surface area contributed by atoms with Crippen molar-refractivity contribution in [2.45, 2.75) is 106 Å². The standard InChI is InChI=1S/C80H74N2O2/c1-11-52-33-37-56(38-34-52)81(72-31-19-27-61(78(72)83)55-22-17-21-54(45-55)60-25-15-13-23-58(60)48(3)4)74-46-70(50(7)8)63-42-44-69-75(47-71(51(9)10)64-41-43-68(74)76(63)77(64)69)82(57-39-35-53(12-2)36-40-57)73-32-20-30-67-66-29-18-28-65(79(66)84-80(67)73)62-26-16-14-24-59(62)49(5)6/h13-51,83H,11-12H2,1-10H3. The summed E-state index contributed by atoms with van der Waals surface area (Å²) >= 11 is 0. The highest BCUT2D eigenvalue weighted by Crippen LogP contribution is 2.54. The maximum absolute atomic E-state index is 13.1. The fourth-order valence-electron chi connectivity index (χ4n) is 13.4. The van der Waals surface area contributed by atoms with Crippen LogP contribution in [0.25, 0.3) is 87.6 Å². The first kappa shape index (κ1) is 54.1. The molecule has 1 heterocycles. The van der Waals surface area contributed by atoms with Crippen LogP contribution in [0.2, 0.25) is 0 Å². The Labute approximate surface area is 495 Å². The molecule has 84 heavy (non-hydrogen) atoms. The van der Waals surface area contributed by atoms with Crippen molar-refractivity contribution < 1.29 is 9.52 Å². The molecule has 0 aliphatic heterocycles. The number of phenols is 1. The minimum absolute atomic E-state index is 0.176. The number of benzene rings is 12. The van der Waals surface area contributed by atoms with Crippen LogP contribution in [0.1, 0.15) is 126 Å². The topological polar surface area (TPSA) is 39.9 Å². The van der Waals surface area contributed by atoms with Gasteiger partial charge in [0.25, 0.3) is 0 Å². The molecule has 0 amide bonds. The van der Waals surface area contributed by atoms with E-state index in [1.807, 2.05) is 0 Å². The second kappa shape index (κ2) is 21.9.